The summed E-state index contributed by atoms with van der Waals surface area (Å²) < 4.78 is 18.3. The number of allylic oxidation sites excluding steroid dienone is 2. The molecule has 4 rings (SSSR count). The minimum Gasteiger partial charge on any atom is -0.493 e. The van der Waals surface area contributed by atoms with Gasteiger partial charge in [0, 0.05) is 5.57 Å². The number of ether oxygens (including phenoxy) is 3. The van der Waals surface area contributed by atoms with Crippen LogP contribution in [0.15, 0.2) is 35.9 Å². The van der Waals surface area contributed by atoms with E-state index in [2.05, 4.69) is 15.1 Å². The number of aryl methyl sites for hydroxylation is 1. The number of hydrogen-bond acceptors (Lipinski definition) is 7. The van der Waals surface area contributed by atoms with E-state index >= 15 is 0 Å². The van der Waals surface area contributed by atoms with Crippen LogP contribution in [0.3, 0.4) is 0 Å². The molecule has 28 heavy (non-hydrogen) atoms. The van der Waals surface area contributed by atoms with Gasteiger partial charge in [0.25, 0.3) is 0 Å². The van der Waals surface area contributed by atoms with Crippen molar-refractivity contribution in [3.05, 3.63) is 52.8 Å². The second kappa shape index (κ2) is 6.63. The lowest BCUT2D eigenvalue weighted by molar-refractivity contribution is -0.114. The van der Waals surface area contributed by atoms with Gasteiger partial charge in [-0.3, -0.25) is 4.79 Å². The zero-order valence-corrected chi connectivity index (χ0v) is 16.3. The first-order valence-corrected chi connectivity index (χ1v) is 8.78. The van der Waals surface area contributed by atoms with Gasteiger partial charge in [-0.1, -0.05) is 6.07 Å². The summed E-state index contributed by atoms with van der Waals surface area (Å²) in [5.74, 6) is 2.23. The van der Waals surface area contributed by atoms with Gasteiger partial charge < -0.3 is 14.2 Å². The molecule has 0 aliphatic carbocycles. The molecule has 0 bridgehead atoms. The van der Waals surface area contributed by atoms with Gasteiger partial charge in [0.05, 0.1) is 25.7 Å². The lowest BCUT2D eigenvalue weighted by Gasteiger charge is -2.28. The second-order valence-corrected chi connectivity index (χ2v) is 6.57. The highest BCUT2D eigenvalue weighted by molar-refractivity contribution is 5.97. The van der Waals surface area contributed by atoms with Crippen molar-refractivity contribution < 1.29 is 19.0 Å². The molecule has 0 radical (unpaired) electrons. The number of methoxy groups -OCH3 is 2. The van der Waals surface area contributed by atoms with Crippen LogP contribution in [0.1, 0.15) is 36.7 Å². The number of Topliss-reactive ketones (excluding diaryl/α,β-unsaturated/α-hetero) is 1. The first-order chi connectivity index (χ1) is 13.4. The van der Waals surface area contributed by atoms with Crippen LogP contribution >= 0.6 is 0 Å². The van der Waals surface area contributed by atoms with Crippen LogP contribution in [0.25, 0.3) is 5.65 Å². The Bertz CT molecular complexity index is 1130. The zero-order chi connectivity index (χ0) is 20.0. The number of ketones is 1. The van der Waals surface area contributed by atoms with E-state index in [9.17, 15) is 4.79 Å². The molecular formula is C20H20N4O4. The molecule has 3 heterocycles. The van der Waals surface area contributed by atoms with Crippen LogP contribution in [0.2, 0.25) is 0 Å². The Hall–Kier alpha value is -3.42. The zero-order valence-electron chi connectivity index (χ0n) is 16.3. The van der Waals surface area contributed by atoms with Crippen molar-refractivity contribution >= 4 is 11.4 Å². The number of fused-ring (bicyclic) bond motifs is 3. The van der Waals surface area contributed by atoms with Crippen LogP contribution in [0.5, 0.6) is 17.4 Å². The van der Waals surface area contributed by atoms with Gasteiger partial charge in [0.15, 0.2) is 22.9 Å². The molecular weight excluding hydrogens is 360 g/mol. The van der Waals surface area contributed by atoms with Gasteiger partial charge in [-0.2, -0.15) is 5.10 Å². The molecule has 1 aliphatic rings. The number of nitrogens with zero attached hydrogens (tertiary/aromatic N) is 4. The summed E-state index contributed by atoms with van der Waals surface area (Å²) >= 11 is 0. The lowest BCUT2D eigenvalue weighted by atomic mass is 9.81. The van der Waals surface area contributed by atoms with Gasteiger partial charge in [0.2, 0.25) is 5.88 Å². The fourth-order valence-electron chi connectivity index (χ4n) is 3.66. The predicted molar refractivity (Wildman–Crippen MR) is 101 cm³/mol. The van der Waals surface area contributed by atoms with Crippen LogP contribution in [-0.4, -0.2) is 39.6 Å². The van der Waals surface area contributed by atoms with E-state index in [1.807, 2.05) is 25.1 Å². The lowest BCUT2D eigenvalue weighted by Crippen LogP contribution is -2.22. The van der Waals surface area contributed by atoms with Crippen LogP contribution in [0.4, 0.5) is 0 Å². The van der Waals surface area contributed by atoms with E-state index in [-0.39, 0.29) is 5.78 Å². The fraction of sp³-hybridized carbons (Fsp3) is 0.300. The third-order valence-corrected chi connectivity index (χ3v) is 4.82. The minimum absolute atomic E-state index is 0.0822. The Morgan fingerprint density at radius 2 is 1.93 bits per heavy atom. The Morgan fingerprint density at radius 1 is 1.18 bits per heavy atom. The largest absolute Gasteiger partial charge is 0.493 e. The maximum atomic E-state index is 12.6. The van der Waals surface area contributed by atoms with Gasteiger partial charge in [-0.05, 0) is 38.5 Å². The fourth-order valence-corrected chi connectivity index (χ4v) is 3.66. The molecule has 2 aromatic heterocycles. The molecule has 0 saturated carbocycles. The predicted octanol–water partition coefficient (Wildman–Crippen LogP) is 2.84. The summed E-state index contributed by atoms with van der Waals surface area (Å²) in [7, 11) is 3.16. The molecule has 1 aliphatic heterocycles. The monoisotopic (exact) mass is 380 g/mol. The summed E-state index contributed by atoms with van der Waals surface area (Å²) in [6.07, 6.45) is 1.56. The number of carbonyl (C=O) groups is 1. The molecule has 1 atom stereocenters. The molecule has 1 aromatic carbocycles. The maximum Gasteiger partial charge on any atom is 0.228 e. The van der Waals surface area contributed by atoms with Gasteiger partial charge in [-0.25, -0.2) is 14.5 Å². The summed E-state index contributed by atoms with van der Waals surface area (Å²) in [6, 6.07) is 5.59. The quantitative estimate of drug-likeness (QED) is 0.688. The second-order valence-electron chi connectivity index (χ2n) is 6.57. The van der Waals surface area contributed by atoms with Crippen molar-refractivity contribution in [3.8, 4) is 17.4 Å². The molecule has 0 fully saturated rings. The van der Waals surface area contributed by atoms with Crippen molar-refractivity contribution in [3.63, 3.8) is 0 Å². The van der Waals surface area contributed by atoms with E-state index in [0.717, 1.165) is 5.56 Å². The van der Waals surface area contributed by atoms with E-state index in [4.69, 9.17) is 14.2 Å². The van der Waals surface area contributed by atoms with Gasteiger partial charge >= 0.3 is 0 Å². The standard InChI is InChI=1S/C20H20N4O4/c1-10(25)16-11(2)28-20-18(19-22-12(3)23-24(19)9-21-20)17(16)13-6-7-14(26-4)15(8-13)27-5/h6-9,17H,1-5H3. The van der Waals surface area contributed by atoms with E-state index < -0.39 is 5.92 Å². The van der Waals surface area contributed by atoms with Crippen molar-refractivity contribution in [1.82, 2.24) is 19.6 Å². The van der Waals surface area contributed by atoms with Crippen molar-refractivity contribution in [2.75, 3.05) is 14.2 Å². The molecule has 144 valence electrons. The van der Waals surface area contributed by atoms with Crippen molar-refractivity contribution in [2.45, 2.75) is 26.7 Å². The first kappa shape index (κ1) is 18.0. The number of aromatic nitrogens is 4. The van der Waals surface area contributed by atoms with Crippen molar-refractivity contribution in [2.24, 2.45) is 0 Å². The normalized spacial score (nSPS) is 16.0. The summed E-state index contributed by atoms with van der Waals surface area (Å²) in [5.41, 5.74) is 2.71. The minimum atomic E-state index is -0.416. The van der Waals surface area contributed by atoms with E-state index in [0.29, 0.717) is 45.7 Å². The summed E-state index contributed by atoms with van der Waals surface area (Å²) in [5, 5.41) is 4.34. The smallest absolute Gasteiger partial charge is 0.228 e. The van der Waals surface area contributed by atoms with Crippen molar-refractivity contribution in [1.29, 1.82) is 0 Å². The Kier molecular flexibility index (Phi) is 4.26. The number of carbonyl (C=O) groups excluding carboxylic acids is 1. The van der Waals surface area contributed by atoms with Crippen LogP contribution in [0, 0.1) is 6.92 Å². The Balaban J connectivity index is 2.03. The maximum absolute atomic E-state index is 12.6. The number of benzene rings is 1. The molecule has 0 amide bonds. The SMILES string of the molecule is COc1ccc(C2C(C(C)=O)=C(C)Oc3ncn4nc(C)nc4c32)cc1OC. The highest BCUT2D eigenvalue weighted by Crippen LogP contribution is 2.45. The Morgan fingerprint density at radius 3 is 2.61 bits per heavy atom. The molecule has 8 heteroatoms. The molecule has 0 spiro atoms. The van der Waals surface area contributed by atoms with Gasteiger partial charge in [-0.15, -0.1) is 0 Å². The van der Waals surface area contributed by atoms with E-state index in [1.165, 1.54) is 6.92 Å². The average Bonchev–Trinajstić information content (AvgIpc) is 3.06. The average molecular weight is 380 g/mol. The molecule has 8 nitrogen and oxygen atoms in total. The summed E-state index contributed by atoms with van der Waals surface area (Å²) in [6.45, 7) is 5.11. The van der Waals surface area contributed by atoms with E-state index in [1.54, 1.807) is 32.0 Å². The number of rotatable bonds is 4. The molecule has 3 aromatic rings. The highest BCUT2D eigenvalue weighted by atomic mass is 16.5. The first-order valence-electron chi connectivity index (χ1n) is 8.78. The Labute approximate surface area is 161 Å². The molecule has 0 N–H and O–H groups in total. The topological polar surface area (TPSA) is 87.8 Å². The van der Waals surface area contributed by atoms with Gasteiger partial charge in [0.1, 0.15) is 17.9 Å². The van der Waals surface area contributed by atoms with Crippen LogP contribution in [-0.2, 0) is 4.79 Å². The number of hydrogen-bond donors (Lipinski definition) is 0. The molecule has 1 unspecified atom stereocenters. The third-order valence-electron chi connectivity index (χ3n) is 4.82. The summed E-state index contributed by atoms with van der Waals surface area (Å²) in [4.78, 5) is 21.5. The molecule has 0 saturated heterocycles. The highest BCUT2D eigenvalue weighted by Gasteiger charge is 2.36. The van der Waals surface area contributed by atoms with Crippen LogP contribution < -0.4 is 14.2 Å². The third kappa shape index (κ3) is 2.69.